The van der Waals surface area contributed by atoms with Gasteiger partial charge in [-0.2, -0.15) is 0 Å². The summed E-state index contributed by atoms with van der Waals surface area (Å²) in [7, 11) is 0. The van der Waals surface area contributed by atoms with E-state index in [2.05, 4.69) is 20.3 Å². The Bertz CT molecular complexity index is 1180. The van der Waals surface area contributed by atoms with Gasteiger partial charge in [-0.05, 0) is 30.3 Å². The summed E-state index contributed by atoms with van der Waals surface area (Å²) in [5.41, 5.74) is 1.11. The van der Waals surface area contributed by atoms with Crippen LogP contribution in [0.2, 0.25) is 0 Å². The number of nitro groups is 1. The van der Waals surface area contributed by atoms with E-state index in [1.807, 2.05) is 0 Å². The van der Waals surface area contributed by atoms with Gasteiger partial charge >= 0.3 is 11.7 Å². The summed E-state index contributed by atoms with van der Waals surface area (Å²) in [6.45, 7) is 0.357. The van der Waals surface area contributed by atoms with Crippen molar-refractivity contribution in [2.24, 2.45) is 0 Å². The van der Waals surface area contributed by atoms with E-state index in [-0.39, 0.29) is 24.6 Å². The van der Waals surface area contributed by atoms with Gasteiger partial charge in [0.1, 0.15) is 5.82 Å². The maximum atomic E-state index is 13.2. The number of carbonyl (C=O) groups is 1. The van der Waals surface area contributed by atoms with E-state index in [9.17, 15) is 23.7 Å². The third-order valence-corrected chi connectivity index (χ3v) is 4.55. The molecule has 3 aromatic rings. The largest absolute Gasteiger partial charge is 0.323 e. The Morgan fingerprint density at radius 1 is 1.06 bits per heavy atom. The van der Waals surface area contributed by atoms with Crippen molar-refractivity contribution in [3.8, 4) is 11.3 Å². The number of pyridine rings is 1. The van der Waals surface area contributed by atoms with Crippen molar-refractivity contribution in [1.82, 2.24) is 19.9 Å². The molecule has 1 N–H and O–H groups in total. The van der Waals surface area contributed by atoms with Crippen LogP contribution in [0.3, 0.4) is 0 Å². The number of halogens is 2. The summed E-state index contributed by atoms with van der Waals surface area (Å²) >= 11 is 0. The number of urea groups is 1. The SMILES string of the molecule is O=C(Nc1nc(-c2ccc(F)cc2)ccc1[N+](=O)[O-])N1CC=C(c2ncc(F)cn2)C1. The molecule has 2 aromatic heterocycles. The summed E-state index contributed by atoms with van der Waals surface area (Å²) in [5.74, 6) is -0.944. The highest BCUT2D eigenvalue weighted by molar-refractivity contribution is 5.92. The summed E-state index contributed by atoms with van der Waals surface area (Å²) in [4.78, 5) is 36.7. The topological polar surface area (TPSA) is 114 Å². The lowest BCUT2D eigenvalue weighted by Gasteiger charge is -2.17. The molecular weight excluding hydrogens is 410 g/mol. The number of amides is 2. The van der Waals surface area contributed by atoms with Crippen molar-refractivity contribution in [2.45, 2.75) is 0 Å². The first-order valence-corrected chi connectivity index (χ1v) is 9.05. The van der Waals surface area contributed by atoms with E-state index >= 15 is 0 Å². The number of anilines is 1. The van der Waals surface area contributed by atoms with Gasteiger partial charge in [-0.25, -0.2) is 28.5 Å². The molecule has 0 aliphatic carbocycles. The highest BCUT2D eigenvalue weighted by Crippen LogP contribution is 2.28. The number of nitrogens with zero attached hydrogens (tertiary/aromatic N) is 5. The minimum atomic E-state index is -0.656. The number of rotatable bonds is 4. The molecule has 31 heavy (non-hydrogen) atoms. The van der Waals surface area contributed by atoms with Gasteiger partial charge in [-0.15, -0.1) is 0 Å². The Kier molecular flexibility index (Phi) is 5.31. The first-order chi connectivity index (χ1) is 14.9. The van der Waals surface area contributed by atoms with Gasteiger partial charge in [-0.1, -0.05) is 6.08 Å². The maximum Gasteiger partial charge on any atom is 0.323 e. The lowest BCUT2D eigenvalue weighted by molar-refractivity contribution is -0.384. The van der Waals surface area contributed by atoms with Crippen LogP contribution in [0.15, 0.2) is 54.9 Å². The lowest BCUT2D eigenvalue weighted by Crippen LogP contribution is -2.33. The van der Waals surface area contributed by atoms with E-state index in [4.69, 9.17) is 0 Å². The van der Waals surface area contributed by atoms with Crippen LogP contribution in [0.25, 0.3) is 16.8 Å². The highest BCUT2D eigenvalue weighted by atomic mass is 19.1. The number of benzene rings is 1. The average molecular weight is 424 g/mol. The highest BCUT2D eigenvalue weighted by Gasteiger charge is 2.25. The van der Waals surface area contributed by atoms with Crippen LogP contribution < -0.4 is 5.32 Å². The first-order valence-electron chi connectivity index (χ1n) is 9.05. The van der Waals surface area contributed by atoms with Gasteiger partial charge in [0.15, 0.2) is 11.6 Å². The van der Waals surface area contributed by atoms with E-state index in [0.717, 1.165) is 12.4 Å². The lowest BCUT2D eigenvalue weighted by atomic mass is 10.1. The van der Waals surface area contributed by atoms with E-state index in [1.54, 1.807) is 6.08 Å². The molecule has 3 heterocycles. The van der Waals surface area contributed by atoms with Crippen LogP contribution in [-0.4, -0.2) is 43.9 Å². The molecule has 1 aliphatic rings. The molecule has 0 radical (unpaired) electrons. The molecule has 4 rings (SSSR count). The van der Waals surface area contributed by atoms with Gasteiger partial charge in [0.05, 0.1) is 29.6 Å². The molecule has 156 valence electrons. The molecule has 0 atom stereocenters. The molecule has 11 heteroatoms. The summed E-state index contributed by atoms with van der Waals surface area (Å²) < 4.78 is 26.2. The number of hydrogen-bond donors (Lipinski definition) is 1. The van der Waals surface area contributed by atoms with Crippen molar-refractivity contribution in [3.63, 3.8) is 0 Å². The second kappa shape index (κ2) is 8.22. The van der Waals surface area contributed by atoms with Crippen molar-refractivity contribution < 1.29 is 18.5 Å². The Morgan fingerprint density at radius 3 is 2.45 bits per heavy atom. The zero-order chi connectivity index (χ0) is 22.0. The average Bonchev–Trinajstić information content (AvgIpc) is 3.25. The smallest absolute Gasteiger partial charge is 0.316 e. The van der Waals surface area contributed by atoms with E-state index < -0.39 is 22.6 Å². The molecule has 1 aromatic carbocycles. The second-order valence-electron chi connectivity index (χ2n) is 6.59. The molecule has 9 nitrogen and oxygen atoms in total. The third kappa shape index (κ3) is 4.34. The second-order valence-corrected chi connectivity index (χ2v) is 6.59. The Hall–Kier alpha value is -4.28. The number of carbonyl (C=O) groups excluding carboxylic acids is 1. The minimum Gasteiger partial charge on any atom is -0.316 e. The maximum absolute atomic E-state index is 13.2. The third-order valence-electron chi connectivity index (χ3n) is 4.55. The molecule has 1 aliphatic heterocycles. The van der Waals surface area contributed by atoms with Crippen LogP contribution in [0.5, 0.6) is 0 Å². The van der Waals surface area contributed by atoms with E-state index in [1.165, 1.54) is 41.3 Å². The number of aromatic nitrogens is 3. The number of nitrogens with one attached hydrogen (secondary N) is 1. The number of hydrogen-bond acceptors (Lipinski definition) is 6. The van der Waals surface area contributed by atoms with Crippen molar-refractivity contribution >= 4 is 23.1 Å². The van der Waals surface area contributed by atoms with Crippen LogP contribution in [-0.2, 0) is 0 Å². The van der Waals surface area contributed by atoms with Crippen LogP contribution in [0, 0.1) is 21.7 Å². The van der Waals surface area contributed by atoms with Crippen molar-refractivity contribution in [2.75, 3.05) is 18.4 Å². The summed E-state index contributed by atoms with van der Waals surface area (Å²) in [6, 6.07) is 7.48. The molecule has 0 saturated heterocycles. The van der Waals surface area contributed by atoms with Gasteiger partial charge in [0.25, 0.3) is 0 Å². The molecule has 0 saturated carbocycles. The molecule has 0 bridgehead atoms. The predicted octanol–water partition coefficient (Wildman–Crippen LogP) is 3.66. The fraction of sp³-hybridized carbons (Fsp3) is 0.100. The van der Waals surface area contributed by atoms with Gasteiger partial charge in [0.2, 0.25) is 5.82 Å². The molecule has 2 amide bonds. The van der Waals surface area contributed by atoms with E-state index in [0.29, 0.717) is 22.7 Å². The minimum absolute atomic E-state index is 0.142. The zero-order valence-corrected chi connectivity index (χ0v) is 15.8. The monoisotopic (exact) mass is 424 g/mol. The predicted molar refractivity (Wildman–Crippen MR) is 107 cm³/mol. The Labute approximate surface area is 174 Å². The fourth-order valence-corrected chi connectivity index (χ4v) is 3.00. The first kappa shape index (κ1) is 20.0. The molecule has 0 unspecified atom stereocenters. The van der Waals surface area contributed by atoms with Crippen LogP contribution >= 0.6 is 0 Å². The standard InChI is InChI=1S/C20H14F2N6O3/c21-14-3-1-12(2-4-14)16-5-6-17(28(30)31)19(25-16)26-20(29)27-8-7-13(11-27)18-23-9-15(22)10-24-18/h1-7,9-10H,8,11H2,(H,25,26,29). The molecule has 0 fully saturated rings. The molecule has 0 spiro atoms. The normalized spacial score (nSPS) is 13.1. The summed E-state index contributed by atoms with van der Waals surface area (Å²) in [6.07, 6.45) is 3.77. The fourth-order valence-electron chi connectivity index (χ4n) is 3.00. The van der Waals surface area contributed by atoms with Crippen molar-refractivity contribution in [3.05, 3.63) is 82.4 Å². The zero-order valence-electron chi connectivity index (χ0n) is 15.8. The van der Waals surface area contributed by atoms with Gasteiger partial charge in [0, 0.05) is 23.7 Å². The van der Waals surface area contributed by atoms with Crippen LogP contribution in [0.4, 0.5) is 25.1 Å². The van der Waals surface area contributed by atoms with Crippen LogP contribution in [0.1, 0.15) is 5.82 Å². The summed E-state index contributed by atoms with van der Waals surface area (Å²) in [5, 5.41) is 13.8. The van der Waals surface area contributed by atoms with Gasteiger partial charge in [-0.3, -0.25) is 15.4 Å². The van der Waals surface area contributed by atoms with Crippen molar-refractivity contribution in [1.29, 1.82) is 0 Å². The van der Waals surface area contributed by atoms with Gasteiger partial charge < -0.3 is 4.90 Å². The Morgan fingerprint density at radius 2 is 1.77 bits per heavy atom. The molecular formula is C20H14F2N6O3. The Balaban J connectivity index is 1.53. The quantitative estimate of drug-likeness (QED) is 0.505.